The lowest BCUT2D eigenvalue weighted by atomic mass is 9.84. The number of aryl methyl sites for hydroxylation is 1. The molecular weight excluding hydrogens is 202 g/mol. The van der Waals surface area contributed by atoms with Crippen LogP contribution in [0.3, 0.4) is 0 Å². The number of rotatable bonds is 4. The summed E-state index contributed by atoms with van der Waals surface area (Å²) in [6.45, 7) is 8.78. The Balaban J connectivity index is 2.72. The molecule has 0 aliphatic carbocycles. The van der Waals surface area contributed by atoms with E-state index in [0.717, 1.165) is 12.4 Å². The van der Waals surface area contributed by atoms with Gasteiger partial charge in [-0.05, 0) is 12.3 Å². The molecule has 4 heteroatoms. The van der Waals surface area contributed by atoms with Gasteiger partial charge in [0.1, 0.15) is 5.82 Å². The zero-order chi connectivity index (χ0) is 12.3. The van der Waals surface area contributed by atoms with Gasteiger partial charge in [0.05, 0.1) is 12.5 Å². The van der Waals surface area contributed by atoms with Crippen molar-refractivity contribution in [1.29, 1.82) is 0 Å². The van der Waals surface area contributed by atoms with Gasteiger partial charge in [-0.3, -0.25) is 4.79 Å². The largest absolute Gasteiger partial charge is 0.335 e. The maximum atomic E-state index is 11.9. The molecule has 1 aromatic heterocycles. The second-order valence-electron chi connectivity index (χ2n) is 5.12. The number of Topliss-reactive ketones (excluding diaryl/α,β-unsaturated/α-hetero) is 1. The monoisotopic (exact) mass is 223 g/mol. The fourth-order valence-corrected chi connectivity index (χ4v) is 1.54. The first-order valence-corrected chi connectivity index (χ1v) is 5.64. The normalized spacial score (nSPS) is 13.8. The molecule has 0 bridgehead atoms. The summed E-state index contributed by atoms with van der Waals surface area (Å²) >= 11 is 0. The highest BCUT2D eigenvalue weighted by Crippen LogP contribution is 2.19. The molecule has 1 aromatic rings. The van der Waals surface area contributed by atoms with Crippen LogP contribution in [0, 0.1) is 5.41 Å². The Morgan fingerprint density at radius 1 is 1.56 bits per heavy atom. The van der Waals surface area contributed by atoms with Crippen LogP contribution >= 0.6 is 0 Å². The van der Waals surface area contributed by atoms with Crippen LogP contribution in [0.4, 0.5) is 0 Å². The quantitative estimate of drug-likeness (QED) is 0.839. The molecule has 0 aliphatic heterocycles. The molecule has 0 aromatic carbocycles. The van der Waals surface area contributed by atoms with E-state index < -0.39 is 6.04 Å². The number of carbonyl (C=O) groups excluding carboxylic acids is 1. The zero-order valence-electron chi connectivity index (χ0n) is 10.5. The number of nitrogens with two attached hydrogens (primary N) is 1. The Bertz CT molecular complexity index is 363. The molecule has 0 saturated heterocycles. The summed E-state index contributed by atoms with van der Waals surface area (Å²) in [4.78, 5) is 16.1. The molecule has 1 heterocycles. The molecular formula is C12H21N3O. The Morgan fingerprint density at radius 3 is 2.69 bits per heavy atom. The Morgan fingerprint density at radius 2 is 2.19 bits per heavy atom. The summed E-state index contributed by atoms with van der Waals surface area (Å²) in [6, 6.07) is -0.436. The average Bonchev–Trinajstić information content (AvgIpc) is 2.62. The maximum absolute atomic E-state index is 11.9. The molecule has 0 saturated carbocycles. The van der Waals surface area contributed by atoms with E-state index in [2.05, 4.69) is 4.98 Å². The first-order chi connectivity index (χ1) is 7.36. The van der Waals surface area contributed by atoms with Crippen molar-refractivity contribution in [1.82, 2.24) is 9.55 Å². The minimum Gasteiger partial charge on any atom is -0.335 e. The summed E-state index contributed by atoms with van der Waals surface area (Å²) in [5, 5.41) is 0. The fraction of sp³-hybridized carbons (Fsp3) is 0.667. The van der Waals surface area contributed by atoms with Crippen LogP contribution in [0.25, 0.3) is 0 Å². The molecule has 0 spiro atoms. The van der Waals surface area contributed by atoms with E-state index in [4.69, 9.17) is 5.73 Å². The van der Waals surface area contributed by atoms with Crippen molar-refractivity contribution in [2.24, 2.45) is 11.1 Å². The van der Waals surface area contributed by atoms with Crippen molar-refractivity contribution in [3.05, 3.63) is 18.2 Å². The van der Waals surface area contributed by atoms with Crippen LogP contribution in [0.15, 0.2) is 12.4 Å². The van der Waals surface area contributed by atoms with Gasteiger partial charge in [0.15, 0.2) is 5.78 Å². The fourth-order valence-electron chi connectivity index (χ4n) is 1.54. The Hall–Kier alpha value is -1.16. The van der Waals surface area contributed by atoms with Crippen molar-refractivity contribution >= 4 is 5.78 Å². The first kappa shape index (κ1) is 12.9. The highest BCUT2D eigenvalue weighted by atomic mass is 16.1. The number of carbonyl (C=O) groups is 1. The number of aromatic nitrogens is 2. The number of nitrogens with zero attached hydrogens (tertiary/aromatic N) is 2. The molecule has 4 nitrogen and oxygen atoms in total. The van der Waals surface area contributed by atoms with Crippen molar-refractivity contribution in [3.8, 4) is 0 Å². The lowest BCUT2D eigenvalue weighted by Gasteiger charge is -2.25. The van der Waals surface area contributed by atoms with Gasteiger partial charge in [0.2, 0.25) is 0 Å². The molecule has 1 rings (SSSR count). The summed E-state index contributed by atoms with van der Waals surface area (Å²) in [7, 11) is 0. The molecule has 1 atom stereocenters. The third kappa shape index (κ3) is 2.92. The highest BCUT2D eigenvalue weighted by Gasteiger charge is 2.27. The average molecular weight is 223 g/mol. The second kappa shape index (κ2) is 4.78. The van der Waals surface area contributed by atoms with Gasteiger partial charge in [-0.15, -0.1) is 0 Å². The smallest absolute Gasteiger partial charge is 0.157 e. The minimum atomic E-state index is -0.436. The van der Waals surface area contributed by atoms with Gasteiger partial charge in [-0.2, -0.15) is 0 Å². The van der Waals surface area contributed by atoms with E-state index in [-0.39, 0.29) is 11.2 Å². The Kier molecular flexibility index (Phi) is 3.86. The van der Waals surface area contributed by atoms with E-state index >= 15 is 0 Å². The van der Waals surface area contributed by atoms with Gasteiger partial charge in [0, 0.05) is 18.9 Å². The highest BCUT2D eigenvalue weighted by molar-refractivity contribution is 5.86. The maximum Gasteiger partial charge on any atom is 0.157 e. The van der Waals surface area contributed by atoms with E-state index in [1.165, 1.54) is 0 Å². The molecule has 0 radical (unpaired) electrons. The summed E-state index contributed by atoms with van der Waals surface area (Å²) in [5.41, 5.74) is 5.72. The lowest BCUT2D eigenvalue weighted by molar-refractivity contribution is -0.121. The molecule has 90 valence electrons. The first-order valence-electron chi connectivity index (χ1n) is 5.64. The molecule has 16 heavy (non-hydrogen) atoms. The molecule has 2 N–H and O–H groups in total. The predicted octanol–water partition coefficient (Wildman–Crippen LogP) is 1.39. The van der Waals surface area contributed by atoms with Crippen LogP contribution < -0.4 is 5.73 Å². The van der Waals surface area contributed by atoms with Crippen LogP contribution in [0.5, 0.6) is 0 Å². The standard InChI is InChI=1S/C12H21N3O/c1-5-15-7-6-14-10(15)8-9(16)11(13)12(2,3)4/h6-7,11H,5,8,13H2,1-4H3. The number of ketones is 1. The van der Waals surface area contributed by atoms with E-state index in [1.54, 1.807) is 6.20 Å². The SMILES string of the molecule is CCn1ccnc1CC(=O)C(N)C(C)(C)C. The summed E-state index contributed by atoms with van der Waals surface area (Å²) < 4.78 is 1.97. The number of imidazole rings is 1. The second-order valence-corrected chi connectivity index (χ2v) is 5.12. The number of hydrogen-bond acceptors (Lipinski definition) is 3. The van der Waals surface area contributed by atoms with E-state index in [1.807, 2.05) is 38.5 Å². The Labute approximate surface area is 96.9 Å². The third-order valence-corrected chi connectivity index (χ3v) is 2.75. The third-order valence-electron chi connectivity index (χ3n) is 2.75. The summed E-state index contributed by atoms with van der Waals surface area (Å²) in [5.74, 6) is 0.848. The topological polar surface area (TPSA) is 60.9 Å². The van der Waals surface area contributed by atoms with Gasteiger partial charge in [-0.25, -0.2) is 4.98 Å². The van der Waals surface area contributed by atoms with Crippen LogP contribution in [-0.2, 0) is 17.8 Å². The van der Waals surface area contributed by atoms with Crippen molar-refractivity contribution in [3.63, 3.8) is 0 Å². The lowest BCUT2D eigenvalue weighted by Crippen LogP contribution is -2.43. The van der Waals surface area contributed by atoms with Gasteiger partial charge in [-0.1, -0.05) is 20.8 Å². The molecule has 0 aliphatic rings. The van der Waals surface area contributed by atoms with Crippen molar-refractivity contribution in [2.75, 3.05) is 0 Å². The van der Waals surface area contributed by atoms with Crippen LogP contribution in [0.1, 0.15) is 33.5 Å². The zero-order valence-corrected chi connectivity index (χ0v) is 10.5. The molecule has 0 amide bonds. The number of hydrogen-bond donors (Lipinski definition) is 1. The van der Waals surface area contributed by atoms with Crippen molar-refractivity contribution < 1.29 is 4.79 Å². The van der Waals surface area contributed by atoms with Gasteiger partial charge < -0.3 is 10.3 Å². The van der Waals surface area contributed by atoms with E-state index in [9.17, 15) is 4.79 Å². The van der Waals surface area contributed by atoms with Gasteiger partial charge in [0.25, 0.3) is 0 Å². The van der Waals surface area contributed by atoms with Crippen LogP contribution in [0.2, 0.25) is 0 Å². The predicted molar refractivity (Wildman–Crippen MR) is 64.0 cm³/mol. The van der Waals surface area contributed by atoms with Crippen molar-refractivity contribution in [2.45, 2.75) is 46.7 Å². The minimum absolute atomic E-state index is 0.0494. The molecule has 0 fully saturated rings. The van der Waals surface area contributed by atoms with Crippen LogP contribution in [-0.4, -0.2) is 21.4 Å². The van der Waals surface area contributed by atoms with E-state index in [0.29, 0.717) is 6.42 Å². The summed E-state index contributed by atoms with van der Waals surface area (Å²) in [6.07, 6.45) is 3.92. The molecule has 1 unspecified atom stereocenters. The van der Waals surface area contributed by atoms with Gasteiger partial charge >= 0.3 is 0 Å².